The Balaban J connectivity index is 2.43. The highest BCUT2D eigenvalue weighted by molar-refractivity contribution is 5.87. The Morgan fingerprint density at radius 1 is 1.40 bits per heavy atom. The third kappa shape index (κ3) is 1.91. The number of nitrogens with zero attached hydrogens (tertiary/aromatic N) is 1. The van der Waals surface area contributed by atoms with Crippen LogP contribution in [0.2, 0.25) is 0 Å². The minimum absolute atomic E-state index is 0.899. The first-order valence-corrected chi connectivity index (χ1v) is 4.63. The summed E-state index contributed by atoms with van der Waals surface area (Å²) in [5.74, 6) is -0.928. The lowest BCUT2D eigenvalue weighted by Crippen LogP contribution is -1.86. The monoisotopic (exact) mass is 201 g/mol. The van der Waals surface area contributed by atoms with Gasteiger partial charge in [0.15, 0.2) is 0 Å². The molecule has 15 heavy (non-hydrogen) atoms. The lowest BCUT2D eigenvalue weighted by molar-refractivity contribution is -0.131. The van der Waals surface area contributed by atoms with Gasteiger partial charge in [0, 0.05) is 30.2 Å². The fourth-order valence-electron chi connectivity index (χ4n) is 1.57. The summed E-state index contributed by atoms with van der Waals surface area (Å²) in [6.45, 7) is 0. The van der Waals surface area contributed by atoms with Crippen molar-refractivity contribution in [2.45, 2.75) is 0 Å². The zero-order valence-corrected chi connectivity index (χ0v) is 8.34. The van der Waals surface area contributed by atoms with Crippen molar-refractivity contribution in [1.29, 1.82) is 0 Å². The summed E-state index contributed by atoms with van der Waals surface area (Å²) in [4.78, 5) is 10.3. The van der Waals surface area contributed by atoms with E-state index in [-0.39, 0.29) is 0 Å². The molecule has 0 radical (unpaired) electrons. The van der Waals surface area contributed by atoms with E-state index in [2.05, 4.69) is 0 Å². The average Bonchev–Trinajstić information content (AvgIpc) is 2.57. The molecule has 1 heterocycles. The number of hydrogen-bond acceptors (Lipinski definition) is 1. The van der Waals surface area contributed by atoms with E-state index in [1.54, 1.807) is 6.08 Å². The molecule has 1 N–H and O–H groups in total. The van der Waals surface area contributed by atoms with E-state index >= 15 is 0 Å². The lowest BCUT2D eigenvalue weighted by Gasteiger charge is -1.97. The molecule has 0 atom stereocenters. The van der Waals surface area contributed by atoms with E-state index in [4.69, 9.17) is 5.11 Å². The van der Waals surface area contributed by atoms with Crippen LogP contribution < -0.4 is 0 Å². The van der Waals surface area contributed by atoms with Crippen LogP contribution in [0.3, 0.4) is 0 Å². The van der Waals surface area contributed by atoms with Gasteiger partial charge in [-0.05, 0) is 29.8 Å². The Morgan fingerprint density at radius 3 is 2.93 bits per heavy atom. The van der Waals surface area contributed by atoms with Crippen LogP contribution in [0.5, 0.6) is 0 Å². The van der Waals surface area contributed by atoms with Gasteiger partial charge in [-0.2, -0.15) is 0 Å². The molecule has 1 aromatic carbocycles. The first-order chi connectivity index (χ1) is 7.16. The van der Waals surface area contributed by atoms with Gasteiger partial charge >= 0.3 is 5.97 Å². The Hall–Kier alpha value is -2.03. The molecule has 0 fully saturated rings. The molecule has 0 amide bonds. The highest BCUT2D eigenvalue weighted by Gasteiger charge is 1.97. The molecule has 2 rings (SSSR count). The third-order valence-corrected chi connectivity index (χ3v) is 2.33. The predicted molar refractivity (Wildman–Crippen MR) is 59.6 cm³/mol. The number of benzene rings is 1. The van der Waals surface area contributed by atoms with Crippen molar-refractivity contribution in [3.05, 3.63) is 42.1 Å². The van der Waals surface area contributed by atoms with Gasteiger partial charge in [-0.1, -0.05) is 6.07 Å². The number of carbonyl (C=O) groups is 1. The van der Waals surface area contributed by atoms with Crippen LogP contribution in [0, 0.1) is 0 Å². The molecule has 0 saturated carbocycles. The zero-order valence-electron chi connectivity index (χ0n) is 8.34. The van der Waals surface area contributed by atoms with Gasteiger partial charge in [0.05, 0.1) is 0 Å². The molecule has 0 aliphatic heterocycles. The van der Waals surface area contributed by atoms with Crippen molar-refractivity contribution in [2.75, 3.05) is 0 Å². The van der Waals surface area contributed by atoms with Gasteiger partial charge in [-0.25, -0.2) is 4.79 Å². The second-order valence-corrected chi connectivity index (χ2v) is 3.42. The third-order valence-electron chi connectivity index (χ3n) is 2.33. The molecular weight excluding hydrogens is 190 g/mol. The maximum atomic E-state index is 10.3. The van der Waals surface area contributed by atoms with Gasteiger partial charge in [0.1, 0.15) is 0 Å². The summed E-state index contributed by atoms with van der Waals surface area (Å²) in [5.41, 5.74) is 2.04. The van der Waals surface area contributed by atoms with Crippen molar-refractivity contribution < 1.29 is 9.90 Å². The van der Waals surface area contributed by atoms with Crippen molar-refractivity contribution in [1.82, 2.24) is 4.57 Å². The van der Waals surface area contributed by atoms with Crippen molar-refractivity contribution >= 4 is 22.9 Å². The quantitative estimate of drug-likeness (QED) is 0.757. The van der Waals surface area contributed by atoms with E-state index in [0.717, 1.165) is 22.5 Å². The highest BCUT2D eigenvalue weighted by atomic mass is 16.4. The highest BCUT2D eigenvalue weighted by Crippen LogP contribution is 2.17. The average molecular weight is 201 g/mol. The molecule has 0 spiro atoms. The van der Waals surface area contributed by atoms with Crippen molar-refractivity contribution in [3.8, 4) is 0 Å². The summed E-state index contributed by atoms with van der Waals surface area (Å²) in [6, 6.07) is 7.86. The molecule has 3 heteroatoms. The Labute approximate surface area is 87.3 Å². The standard InChI is InChI=1S/C12H11NO2/c1-13-7-6-10-8-9(2-4-11(10)13)3-5-12(14)15/h2-8H,1H3,(H,14,15)/b5-3+. The first kappa shape index (κ1) is 9.52. The number of carboxylic acids is 1. The molecule has 1 aromatic heterocycles. The Morgan fingerprint density at radius 2 is 2.20 bits per heavy atom. The van der Waals surface area contributed by atoms with Gasteiger partial charge in [-0.3, -0.25) is 0 Å². The predicted octanol–water partition coefficient (Wildman–Crippen LogP) is 2.28. The minimum atomic E-state index is -0.928. The van der Waals surface area contributed by atoms with Crippen LogP contribution in [0.15, 0.2) is 36.5 Å². The normalized spacial score (nSPS) is 11.3. The van der Waals surface area contributed by atoms with Gasteiger partial charge in [-0.15, -0.1) is 0 Å². The molecule has 0 unspecified atom stereocenters. The number of aliphatic carboxylic acids is 1. The summed E-state index contributed by atoms with van der Waals surface area (Å²) >= 11 is 0. The van der Waals surface area contributed by atoms with Crippen LogP contribution in [0.4, 0.5) is 0 Å². The molecule has 76 valence electrons. The number of fused-ring (bicyclic) bond motifs is 1. The van der Waals surface area contributed by atoms with E-state index < -0.39 is 5.97 Å². The van der Waals surface area contributed by atoms with Crippen LogP contribution in [0.25, 0.3) is 17.0 Å². The molecule has 3 nitrogen and oxygen atoms in total. The second kappa shape index (κ2) is 3.61. The fraction of sp³-hybridized carbons (Fsp3) is 0.0833. The number of hydrogen-bond donors (Lipinski definition) is 1. The maximum absolute atomic E-state index is 10.3. The van der Waals surface area contributed by atoms with Crippen molar-refractivity contribution in [3.63, 3.8) is 0 Å². The number of aryl methyl sites for hydroxylation is 1. The fourth-order valence-corrected chi connectivity index (χ4v) is 1.57. The number of aromatic nitrogens is 1. The summed E-state index contributed by atoms with van der Waals surface area (Å²) in [5, 5.41) is 9.62. The molecule has 0 saturated heterocycles. The van der Waals surface area contributed by atoms with Crippen LogP contribution in [-0.4, -0.2) is 15.6 Å². The molecular formula is C12H11NO2. The van der Waals surface area contributed by atoms with Crippen LogP contribution in [0.1, 0.15) is 5.56 Å². The van der Waals surface area contributed by atoms with E-state index in [0.29, 0.717) is 0 Å². The van der Waals surface area contributed by atoms with Crippen LogP contribution >= 0.6 is 0 Å². The number of rotatable bonds is 2. The summed E-state index contributed by atoms with van der Waals surface area (Å²) < 4.78 is 2.03. The minimum Gasteiger partial charge on any atom is -0.478 e. The van der Waals surface area contributed by atoms with Gasteiger partial charge in [0.2, 0.25) is 0 Å². The van der Waals surface area contributed by atoms with Crippen LogP contribution in [-0.2, 0) is 11.8 Å². The molecule has 0 bridgehead atoms. The Kier molecular flexibility index (Phi) is 2.29. The van der Waals surface area contributed by atoms with E-state index in [9.17, 15) is 4.79 Å². The van der Waals surface area contributed by atoms with Gasteiger partial charge in [0.25, 0.3) is 0 Å². The maximum Gasteiger partial charge on any atom is 0.328 e. The number of carboxylic acid groups (broad SMARTS) is 1. The first-order valence-electron chi connectivity index (χ1n) is 4.63. The topological polar surface area (TPSA) is 42.2 Å². The largest absolute Gasteiger partial charge is 0.478 e. The summed E-state index contributed by atoms with van der Waals surface area (Å²) in [7, 11) is 1.98. The Bertz CT molecular complexity index is 538. The SMILES string of the molecule is Cn1ccc2cc(/C=C/C(=O)O)ccc21. The lowest BCUT2D eigenvalue weighted by atomic mass is 10.1. The molecule has 0 aliphatic rings. The van der Waals surface area contributed by atoms with Crippen molar-refractivity contribution in [2.24, 2.45) is 7.05 Å². The molecule has 0 aliphatic carbocycles. The zero-order chi connectivity index (χ0) is 10.8. The second-order valence-electron chi connectivity index (χ2n) is 3.42. The molecule has 2 aromatic rings. The smallest absolute Gasteiger partial charge is 0.328 e. The van der Waals surface area contributed by atoms with E-state index in [1.807, 2.05) is 42.1 Å². The summed E-state index contributed by atoms with van der Waals surface area (Å²) in [6.07, 6.45) is 4.72. The van der Waals surface area contributed by atoms with Gasteiger partial charge < -0.3 is 9.67 Å². The van der Waals surface area contributed by atoms with E-state index in [1.165, 1.54) is 0 Å².